The summed E-state index contributed by atoms with van der Waals surface area (Å²) in [7, 11) is 0. The lowest BCUT2D eigenvalue weighted by Crippen LogP contribution is -2.19. The van der Waals surface area contributed by atoms with Crippen LogP contribution in [-0.2, 0) is 6.54 Å². The highest BCUT2D eigenvalue weighted by Gasteiger charge is 2.01. The Morgan fingerprint density at radius 3 is 2.93 bits per heavy atom. The SMILES string of the molecule is CCCCn1ccc2cnncc2c1=O. The third kappa shape index (κ3) is 1.88. The molecule has 0 radical (unpaired) electrons. The van der Waals surface area contributed by atoms with Gasteiger partial charge in [0.05, 0.1) is 17.8 Å². The van der Waals surface area contributed by atoms with E-state index in [2.05, 4.69) is 17.1 Å². The van der Waals surface area contributed by atoms with Gasteiger partial charge in [-0.05, 0) is 12.5 Å². The Bertz CT molecular complexity index is 518. The second-order valence-corrected chi connectivity index (χ2v) is 3.53. The molecule has 0 unspecified atom stereocenters. The molecule has 78 valence electrons. The number of aromatic nitrogens is 3. The van der Waals surface area contributed by atoms with Crippen molar-refractivity contribution in [3.8, 4) is 0 Å². The first-order chi connectivity index (χ1) is 7.33. The topological polar surface area (TPSA) is 47.8 Å². The van der Waals surface area contributed by atoms with Crippen molar-refractivity contribution in [2.45, 2.75) is 26.3 Å². The summed E-state index contributed by atoms with van der Waals surface area (Å²) in [5, 5.41) is 8.97. The molecule has 0 aliphatic rings. The molecule has 4 nitrogen and oxygen atoms in total. The highest BCUT2D eigenvalue weighted by atomic mass is 16.1. The average Bonchev–Trinajstić information content (AvgIpc) is 2.29. The van der Waals surface area contributed by atoms with Gasteiger partial charge in [0.25, 0.3) is 5.56 Å². The second-order valence-electron chi connectivity index (χ2n) is 3.53. The first-order valence-corrected chi connectivity index (χ1v) is 5.13. The lowest BCUT2D eigenvalue weighted by molar-refractivity contribution is 0.617. The van der Waals surface area contributed by atoms with Gasteiger partial charge < -0.3 is 4.57 Å². The largest absolute Gasteiger partial charge is 0.315 e. The number of hydrogen-bond donors (Lipinski definition) is 0. The van der Waals surface area contributed by atoms with Gasteiger partial charge in [-0.3, -0.25) is 4.79 Å². The highest BCUT2D eigenvalue weighted by molar-refractivity contribution is 5.79. The molecule has 0 aliphatic heterocycles. The number of hydrogen-bond acceptors (Lipinski definition) is 3. The van der Waals surface area contributed by atoms with Gasteiger partial charge in [0.15, 0.2) is 0 Å². The normalized spacial score (nSPS) is 10.7. The standard InChI is InChI=1S/C11H13N3O/c1-2-3-5-14-6-4-9-7-12-13-8-10(9)11(14)15/h4,6-8H,2-3,5H2,1H3. The lowest BCUT2D eigenvalue weighted by atomic mass is 10.2. The molecule has 15 heavy (non-hydrogen) atoms. The molecule has 0 atom stereocenters. The summed E-state index contributed by atoms with van der Waals surface area (Å²) in [5.41, 5.74) is 0.0239. The Kier molecular flexibility index (Phi) is 2.76. The van der Waals surface area contributed by atoms with Crippen LogP contribution >= 0.6 is 0 Å². The van der Waals surface area contributed by atoms with Crippen molar-refractivity contribution in [3.63, 3.8) is 0 Å². The Hall–Kier alpha value is -1.71. The quantitative estimate of drug-likeness (QED) is 0.761. The predicted octanol–water partition coefficient (Wildman–Crippen LogP) is 1.59. The summed E-state index contributed by atoms with van der Waals surface area (Å²) in [6, 6.07) is 1.90. The number of fused-ring (bicyclic) bond motifs is 1. The summed E-state index contributed by atoms with van der Waals surface area (Å²) < 4.78 is 1.73. The summed E-state index contributed by atoms with van der Waals surface area (Å²) in [5.74, 6) is 0. The number of nitrogens with zero attached hydrogens (tertiary/aromatic N) is 3. The molecule has 2 aromatic rings. The molecule has 0 N–H and O–H groups in total. The summed E-state index contributed by atoms with van der Waals surface area (Å²) in [6.07, 6.45) is 7.06. The third-order valence-electron chi connectivity index (χ3n) is 2.44. The van der Waals surface area contributed by atoms with Gasteiger partial charge in [-0.15, -0.1) is 0 Å². The van der Waals surface area contributed by atoms with E-state index in [1.807, 2.05) is 12.3 Å². The highest BCUT2D eigenvalue weighted by Crippen LogP contribution is 2.05. The smallest absolute Gasteiger partial charge is 0.260 e. The first kappa shape index (κ1) is 9.83. The van der Waals surface area contributed by atoms with E-state index in [9.17, 15) is 4.79 Å². The Morgan fingerprint density at radius 2 is 2.13 bits per heavy atom. The molecule has 2 rings (SSSR count). The maximum atomic E-state index is 11.9. The van der Waals surface area contributed by atoms with Gasteiger partial charge in [-0.1, -0.05) is 13.3 Å². The van der Waals surface area contributed by atoms with Crippen LogP contribution in [0.3, 0.4) is 0 Å². The molecule has 0 saturated heterocycles. The van der Waals surface area contributed by atoms with Gasteiger partial charge in [-0.2, -0.15) is 10.2 Å². The number of pyridine rings is 1. The minimum Gasteiger partial charge on any atom is -0.315 e. The van der Waals surface area contributed by atoms with Gasteiger partial charge in [0.2, 0.25) is 0 Å². The van der Waals surface area contributed by atoms with Crippen LogP contribution in [0.4, 0.5) is 0 Å². The number of unbranched alkanes of at least 4 members (excludes halogenated alkanes) is 1. The van der Waals surface area contributed by atoms with Crippen molar-refractivity contribution < 1.29 is 0 Å². The fourth-order valence-electron chi connectivity index (χ4n) is 1.54. The van der Waals surface area contributed by atoms with E-state index in [-0.39, 0.29) is 5.56 Å². The molecule has 0 spiro atoms. The van der Waals surface area contributed by atoms with E-state index >= 15 is 0 Å². The van der Waals surface area contributed by atoms with Crippen molar-refractivity contribution in [1.82, 2.24) is 14.8 Å². The van der Waals surface area contributed by atoms with E-state index in [1.54, 1.807) is 10.8 Å². The summed E-state index contributed by atoms with van der Waals surface area (Å²) in [6.45, 7) is 2.88. The van der Waals surface area contributed by atoms with Crippen molar-refractivity contribution in [2.24, 2.45) is 0 Å². The maximum Gasteiger partial charge on any atom is 0.260 e. The van der Waals surface area contributed by atoms with Crippen LogP contribution in [0.5, 0.6) is 0 Å². The molecule has 0 fully saturated rings. The van der Waals surface area contributed by atoms with Crippen LogP contribution in [-0.4, -0.2) is 14.8 Å². The van der Waals surface area contributed by atoms with Gasteiger partial charge in [0.1, 0.15) is 0 Å². The van der Waals surface area contributed by atoms with E-state index in [4.69, 9.17) is 0 Å². The van der Waals surface area contributed by atoms with Crippen molar-refractivity contribution >= 4 is 10.8 Å². The molecule has 2 heterocycles. The zero-order chi connectivity index (χ0) is 10.7. The predicted molar refractivity (Wildman–Crippen MR) is 58.7 cm³/mol. The van der Waals surface area contributed by atoms with Crippen molar-refractivity contribution in [3.05, 3.63) is 35.0 Å². The molecule has 4 heteroatoms. The Balaban J connectivity index is 2.51. The van der Waals surface area contributed by atoms with E-state index in [0.717, 1.165) is 24.8 Å². The number of rotatable bonds is 3. The van der Waals surface area contributed by atoms with Crippen LogP contribution < -0.4 is 5.56 Å². The molecule has 0 saturated carbocycles. The van der Waals surface area contributed by atoms with Gasteiger partial charge in [-0.25, -0.2) is 0 Å². The lowest BCUT2D eigenvalue weighted by Gasteiger charge is -2.05. The van der Waals surface area contributed by atoms with Crippen LogP contribution in [0.2, 0.25) is 0 Å². The molecule has 2 aromatic heterocycles. The fourth-order valence-corrected chi connectivity index (χ4v) is 1.54. The van der Waals surface area contributed by atoms with Gasteiger partial charge >= 0.3 is 0 Å². The van der Waals surface area contributed by atoms with E-state index in [1.165, 1.54) is 6.20 Å². The minimum absolute atomic E-state index is 0.0239. The summed E-state index contributed by atoms with van der Waals surface area (Å²) in [4.78, 5) is 11.9. The average molecular weight is 203 g/mol. The summed E-state index contributed by atoms with van der Waals surface area (Å²) >= 11 is 0. The molecule has 0 aromatic carbocycles. The minimum atomic E-state index is 0.0239. The molecular formula is C11H13N3O. The van der Waals surface area contributed by atoms with E-state index < -0.39 is 0 Å². The second kappa shape index (κ2) is 4.21. The van der Waals surface area contributed by atoms with Crippen LogP contribution in [0.15, 0.2) is 29.5 Å². The fraction of sp³-hybridized carbons (Fsp3) is 0.364. The Morgan fingerprint density at radius 1 is 1.33 bits per heavy atom. The van der Waals surface area contributed by atoms with Crippen molar-refractivity contribution in [2.75, 3.05) is 0 Å². The van der Waals surface area contributed by atoms with Crippen LogP contribution in [0, 0.1) is 0 Å². The third-order valence-corrected chi connectivity index (χ3v) is 2.44. The monoisotopic (exact) mass is 203 g/mol. The van der Waals surface area contributed by atoms with Crippen molar-refractivity contribution in [1.29, 1.82) is 0 Å². The zero-order valence-corrected chi connectivity index (χ0v) is 8.68. The first-order valence-electron chi connectivity index (χ1n) is 5.13. The zero-order valence-electron chi connectivity index (χ0n) is 8.68. The molecular weight excluding hydrogens is 190 g/mol. The Labute approximate surface area is 87.6 Å². The van der Waals surface area contributed by atoms with E-state index in [0.29, 0.717) is 5.39 Å². The number of aryl methyl sites for hydroxylation is 1. The molecule has 0 amide bonds. The molecule has 0 bridgehead atoms. The maximum absolute atomic E-state index is 11.9. The van der Waals surface area contributed by atoms with Gasteiger partial charge in [0, 0.05) is 18.1 Å². The van der Waals surface area contributed by atoms with Crippen LogP contribution in [0.25, 0.3) is 10.8 Å². The van der Waals surface area contributed by atoms with Crippen LogP contribution in [0.1, 0.15) is 19.8 Å². The molecule has 0 aliphatic carbocycles.